The van der Waals surface area contributed by atoms with Crippen LogP contribution in [0.4, 0.5) is 0 Å². The molecule has 0 atom stereocenters. The van der Waals surface area contributed by atoms with Crippen molar-refractivity contribution < 1.29 is 14.6 Å². The first kappa shape index (κ1) is 14.6. The fourth-order valence-electron chi connectivity index (χ4n) is 3.34. The van der Waals surface area contributed by atoms with Gasteiger partial charge in [-0.25, -0.2) is 0 Å². The maximum absolute atomic E-state index is 11.9. The molecule has 0 saturated heterocycles. The summed E-state index contributed by atoms with van der Waals surface area (Å²) in [6, 6.07) is 9.68. The van der Waals surface area contributed by atoms with Gasteiger partial charge in [0.1, 0.15) is 0 Å². The van der Waals surface area contributed by atoms with Gasteiger partial charge in [-0.15, -0.1) is 0 Å². The molecular formula is C18H24O3. The molecule has 0 aliphatic heterocycles. The van der Waals surface area contributed by atoms with Gasteiger partial charge in [-0.3, -0.25) is 4.79 Å². The van der Waals surface area contributed by atoms with E-state index in [2.05, 4.69) is 6.92 Å². The van der Waals surface area contributed by atoms with E-state index in [0.717, 1.165) is 30.9 Å². The molecule has 0 radical (unpaired) electrons. The molecule has 3 rings (SSSR count). The van der Waals surface area contributed by atoms with Gasteiger partial charge in [0.25, 0.3) is 0 Å². The molecule has 0 bridgehead atoms. The van der Waals surface area contributed by atoms with Gasteiger partial charge in [0.15, 0.2) is 0 Å². The molecule has 0 heterocycles. The van der Waals surface area contributed by atoms with Crippen molar-refractivity contribution in [1.82, 2.24) is 0 Å². The zero-order valence-electron chi connectivity index (χ0n) is 12.7. The fraction of sp³-hybridized carbons (Fsp3) is 0.611. The molecule has 3 nitrogen and oxygen atoms in total. The number of carboxylic acid groups (broad SMARTS) is 1. The predicted molar refractivity (Wildman–Crippen MR) is 81.3 cm³/mol. The quantitative estimate of drug-likeness (QED) is 0.897. The maximum atomic E-state index is 11.9. The van der Waals surface area contributed by atoms with Gasteiger partial charge < -0.3 is 9.84 Å². The number of hydrogen-bond acceptors (Lipinski definition) is 2. The number of rotatable bonds is 5. The van der Waals surface area contributed by atoms with Crippen molar-refractivity contribution in [2.75, 3.05) is 6.61 Å². The highest BCUT2D eigenvalue weighted by molar-refractivity contribution is 5.81. The molecule has 2 aliphatic rings. The summed E-state index contributed by atoms with van der Waals surface area (Å²) in [4.78, 5) is 11.9. The molecule has 1 N–H and O–H groups in total. The average molecular weight is 288 g/mol. The van der Waals surface area contributed by atoms with Crippen LogP contribution in [-0.4, -0.2) is 23.3 Å². The van der Waals surface area contributed by atoms with Crippen LogP contribution >= 0.6 is 0 Å². The van der Waals surface area contributed by atoms with Crippen LogP contribution in [0.3, 0.4) is 0 Å². The number of benzene rings is 1. The standard InChI is InChI=1S/C18H24O3/c1-17(21-13-14-7-8-14)9-11-18(12-10-17,16(19)20)15-5-3-2-4-6-15/h2-6,14H,7-13H2,1H3,(H,19,20). The number of ether oxygens (including phenoxy) is 1. The van der Waals surface area contributed by atoms with E-state index in [9.17, 15) is 9.90 Å². The van der Waals surface area contributed by atoms with E-state index in [1.54, 1.807) is 0 Å². The van der Waals surface area contributed by atoms with Crippen LogP contribution in [0.25, 0.3) is 0 Å². The summed E-state index contributed by atoms with van der Waals surface area (Å²) in [6.45, 7) is 2.99. The maximum Gasteiger partial charge on any atom is 0.314 e. The second kappa shape index (κ2) is 5.45. The summed E-state index contributed by atoms with van der Waals surface area (Å²) < 4.78 is 6.11. The molecule has 3 heteroatoms. The fourth-order valence-corrected chi connectivity index (χ4v) is 3.34. The third-order valence-electron chi connectivity index (χ3n) is 5.26. The van der Waals surface area contributed by atoms with E-state index in [4.69, 9.17) is 4.74 Å². The van der Waals surface area contributed by atoms with Crippen LogP contribution in [0.15, 0.2) is 30.3 Å². The van der Waals surface area contributed by atoms with Crippen molar-refractivity contribution >= 4 is 5.97 Å². The van der Waals surface area contributed by atoms with E-state index in [1.807, 2.05) is 30.3 Å². The van der Waals surface area contributed by atoms with Gasteiger partial charge in [0.2, 0.25) is 0 Å². The smallest absolute Gasteiger partial charge is 0.314 e. The van der Waals surface area contributed by atoms with Gasteiger partial charge in [0, 0.05) is 0 Å². The number of hydrogen-bond donors (Lipinski definition) is 1. The van der Waals surface area contributed by atoms with Crippen LogP contribution in [0.5, 0.6) is 0 Å². The molecule has 2 saturated carbocycles. The van der Waals surface area contributed by atoms with E-state index in [0.29, 0.717) is 12.8 Å². The van der Waals surface area contributed by atoms with Crippen LogP contribution < -0.4 is 0 Å². The lowest BCUT2D eigenvalue weighted by Crippen LogP contribution is -2.45. The minimum Gasteiger partial charge on any atom is -0.481 e. The molecule has 2 fully saturated rings. The minimum atomic E-state index is -0.732. The molecular weight excluding hydrogens is 264 g/mol. The zero-order valence-corrected chi connectivity index (χ0v) is 12.7. The van der Waals surface area contributed by atoms with E-state index < -0.39 is 11.4 Å². The van der Waals surface area contributed by atoms with Gasteiger partial charge in [0.05, 0.1) is 17.6 Å². The third kappa shape index (κ3) is 2.98. The lowest BCUT2D eigenvalue weighted by Gasteiger charge is -2.42. The Balaban J connectivity index is 1.72. The van der Waals surface area contributed by atoms with Crippen molar-refractivity contribution in [3.05, 3.63) is 35.9 Å². The van der Waals surface area contributed by atoms with E-state index in [-0.39, 0.29) is 5.60 Å². The summed E-state index contributed by atoms with van der Waals surface area (Å²) in [7, 11) is 0. The molecule has 114 valence electrons. The SMILES string of the molecule is CC1(OCC2CC2)CCC(C(=O)O)(c2ccccc2)CC1. The summed E-state index contributed by atoms with van der Waals surface area (Å²) >= 11 is 0. The van der Waals surface area contributed by atoms with Crippen molar-refractivity contribution in [2.45, 2.75) is 56.5 Å². The minimum absolute atomic E-state index is 0.143. The van der Waals surface area contributed by atoms with Crippen LogP contribution in [0.1, 0.15) is 51.0 Å². The normalized spacial score (nSPS) is 32.8. The van der Waals surface area contributed by atoms with Crippen molar-refractivity contribution in [3.63, 3.8) is 0 Å². The largest absolute Gasteiger partial charge is 0.481 e. The molecule has 21 heavy (non-hydrogen) atoms. The Labute approximate surface area is 126 Å². The lowest BCUT2D eigenvalue weighted by atomic mass is 9.65. The number of carboxylic acids is 1. The van der Waals surface area contributed by atoms with E-state index in [1.165, 1.54) is 12.8 Å². The average Bonchev–Trinajstić information content (AvgIpc) is 3.31. The highest BCUT2D eigenvalue weighted by atomic mass is 16.5. The van der Waals surface area contributed by atoms with Crippen LogP contribution in [-0.2, 0) is 14.9 Å². The monoisotopic (exact) mass is 288 g/mol. The first-order valence-corrected chi connectivity index (χ1v) is 7.97. The third-order valence-corrected chi connectivity index (χ3v) is 5.26. The van der Waals surface area contributed by atoms with Crippen LogP contribution in [0, 0.1) is 5.92 Å². The highest BCUT2D eigenvalue weighted by Gasteiger charge is 2.47. The lowest BCUT2D eigenvalue weighted by molar-refractivity contribution is -0.149. The molecule has 2 aliphatic carbocycles. The Morgan fingerprint density at radius 1 is 1.19 bits per heavy atom. The molecule has 1 aromatic carbocycles. The van der Waals surface area contributed by atoms with Crippen LogP contribution in [0.2, 0.25) is 0 Å². The molecule has 0 unspecified atom stereocenters. The Hall–Kier alpha value is -1.35. The summed E-state index contributed by atoms with van der Waals surface area (Å²) in [6.07, 6.45) is 5.54. The summed E-state index contributed by atoms with van der Waals surface area (Å²) in [5.41, 5.74) is 0.0572. The van der Waals surface area contributed by atoms with Crippen molar-refractivity contribution in [2.24, 2.45) is 5.92 Å². The molecule has 0 spiro atoms. The predicted octanol–water partition coefficient (Wildman–Crippen LogP) is 3.77. The first-order chi connectivity index (χ1) is 10.0. The Kier molecular flexibility index (Phi) is 3.78. The van der Waals surface area contributed by atoms with Gasteiger partial charge in [-0.1, -0.05) is 30.3 Å². The molecule has 1 aromatic rings. The molecule has 0 aromatic heterocycles. The summed E-state index contributed by atoms with van der Waals surface area (Å²) in [5, 5.41) is 9.80. The Bertz CT molecular complexity index is 496. The molecule has 0 amide bonds. The highest BCUT2D eigenvalue weighted by Crippen LogP contribution is 2.45. The second-order valence-corrected chi connectivity index (χ2v) is 6.96. The number of carbonyl (C=O) groups is 1. The first-order valence-electron chi connectivity index (χ1n) is 7.97. The summed E-state index contributed by atoms with van der Waals surface area (Å²) in [5.74, 6) is 0.0556. The van der Waals surface area contributed by atoms with Gasteiger partial charge >= 0.3 is 5.97 Å². The Morgan fingerprint density at radius 2 is 1.81 bits per heavy atom. The van der Waals surface area contributed by atoms with Crippen molar-refractivity contribution in [3.8, 4) is 0 Å². The zero-order chi connectivity index (χ0) is 14.9. The van der Waals surface area contributed by atoms with E-state index >= 15 is 0 Å². The van der Waals surface area contributed by atoms with Crippen molar-refractivity contribution in [1.29, 1.82) is 0 Å². The second-order valence-electron chi connectivity index (χ2n) is 6.96. The van der Waals surface area contributed by atoms with Gasteiger partial charge in [-0.05, 0) is 56.9 Å². The Morgan fingerprint density at radius 3 is 2.33 bits per heavy atom. The topological polar surface area (TPSA) is 46.5 Å². The number of aliphatic carboxylic acids is 1. The van der Waals surface area contributed by atoms with Gasteiger partial charge in [-0.2, -0.15) is 0 Å².